The van der Waals surface area contributed by atoms with Gasteiger partial charge in [0.2, 0.25) is 0 Å². The maximum Gasteiger partial charge on any atom is -0.0352 e. The van der Waals surface area contributed by atoms with Gasteiger partial charge in [-0.2, -0.15) is 0 Å². The van der Waals surface area contributed by atoms with Crippen molar-refractivity contribution in [3.05, 3.63) is 0 Å². The van der Waals surface area contributed by atoms with Crippen molar-refractivity contribution < 1.29 is 0 Å². The van der Waals surface area contributed by atoms with Gasteiger partial charge in [0.15, 0.2) is 0 Å². The lowest BCUT2D eigenvalue weighted by Crippen LogP contribution is -2.18. The standard InChI is InChI=1S/C13H26/c1-11-8-6-5-7-9-13(3,4)10-12(11)2/h11-12H,5-10H2,1-4H3. The fourth-order valence-electron chi connectivity index (χ4n) is 2.71. The number of rotatable bonds is 0. The summed E-state index contributed by atoms with van der Waals surface area (Å²) in [6.45, 7) is 9.77. The van der Waals surface area contributed by atoms with Crippen LogP contribution in [0.4, 0.5) is 0 Å². The second-order valence-electron chi connectivity index (χ2n) is 5.92. The predicted molar refractivity (Wildman–Crippen MR) is 59.8 cm³/mol. The Balaban J connectivity index is 2.55. The zero-order valence-electron chi connectivity index (χ0n) is 9.90. The second kappa shape index (κ2) is 4.48. The molecule has 1 aliphatic carbocycles. The van der Waals surface area contributed by atoms with E-state index in [1.165, 1.54) is 38.5 Å². The third-order valence-corrected chi connectivity index (χ3v) is 3.86. The third-order valence-electron chi connectivity index (χ3n) is 3.86. The summed E-state index contributed by atoms with van der Waals surface area (Å²) in [5, 5.41) is 0. The van der Waals surface area contributed by atoms with Crippen LogP contribution < -0.4 is 0 Å². The third kappa shape index (κ3) is 3.70. The minimum absolute atomic E-state index is 0.595. The molecular weight excluding hydrogens is 156 g/mol. The first-order chi connectivity index (χ1) is 6.01. The van der Waals surface area contributed by atoms with E-state index in [4.69, 9.17) is 0 Å². The van der Waals surface area contributed by atoms with Crippen molar-refractivity contribution >= 4 is 0 Å². The highest BCUT2D eigenvalue weighted by atomic mass is 14.3. The number of hydrogen-bond donors (Lipinski definition) is 0. The van der Waals surface area contributed by atoms with Crippen LogP contribution in [0.1, 0.15) is 66.2 Å². The minimum Gasteiger partial charge on any atom is -0.0623 e. The summed E-state index contributed by atoms with van der Waals surface area (Å²) >= 11 is 0. The molecule has 0 aromatic rings. The number of hydrogen-bond acceptors (Lipinski definition) is 0. The van der Waals surface area contributed by atoms with Crippen LogP contribution in [0.3, 0.4) is 0 Å². The van der Waals surface area contributed by atoms with E-state index in [1.54, 1.807) is 0 Å². The van der Waals surface area contributed by atoms with Crippen molar-refractivity contribution in [2.24, 2.45) is 17.3 Å². The van der Waals surface area contributed by atoms with E-state index in [0.29, 0.717) is 5.41 Å². The van der Waals surface area contributed by atoms with Crippen molar-refractivity contribution in [3.63, 3.8) is 0 Å². The summed E-state index contributed by atoms with van der Waals surface area (Å²) in [6, 6.07) is 0. The van der Waals surface area contributed by atoms with Gasteiger partial charge in [0.25, 0.3) is 0 Å². The van der Waals surface area contributed by atoms with Crippen LogP contribution in [-0.4, -0.2) is 0 Å². The summed E-state index contributed by atoms with van der Waals surface area (Å²) in [4.78, 5) is 0. The predicted octanol–water partition coefficient (Wildman–Crippen LogP) is 4.64. The molecule has 0 N–H and O–H groups in total. The van der Waals surface area contributed by atoms with Gasteiger partial charge < -0.3 is 0 Å². The van der Waals surface area contributed by atoms with E-state index in [9.17, 15) is 0 Å². The molecule has 0 aromatic carbocycles. The molecule has 0 bridgehead atoms. The molecule has 0 saturated heterocycles. The van der Waals surface area contributed by atoms with E-state index in [-0.39, 0.29) is 0 Å². The van der Waals surface area contributed by atoms with E-state index in [1.807, 2.05) is 0 Å². The van der Waals surface area contributed by atoms with Gasteiger partial charge in [-0.15, -0.1) is 0 Å². The first-order valence-electron chi connectivity index (χ1n) is 6.01. The van der Waals surface area contributed by atoms with Crippen molar-refractivity contribution in [2.75, 3.05) is 0 Å². The quantitative estimate of drug-likeness (QED) is 0.512. The molecule has 1 aliphatic rings. The van der Waals surface area contributed by atoms with Gasteiger partial charge in [-0.3, -0.25) is 0 Å². The van der Waals surface area contributed by atoms with E-state index >= 15 is 0 Å². The highest BCUT2D eigenvalue weighted by Crippen LogP contribution is 2.37. The summed E-state index contributed by atoms with van der Waals surface area (Å²) in [5.41, 5.74) is 0.595. The maximum atomic E-state index is 2.45. The molecule has 2 atom stereocenters. The van der Waals surface area contributed by atoms with E-state index < -0.39 is 0 Å². The summed E-state index contributed by atoms with van der Waals surface area (Å²) in [7, 11) is 0. The van der Waals surface area contributed by atoms with Crippen molar-refractivity contribution in [1.29, 1.82) is 0 Å². The van der Waals surface area contributed by atoms with Crippen molar-refractivity contribution in [2.45, 2.75) is 66.2 Å². The van der Waals surface area contributed by atoms with Crippen LogP contribution in [0.5, 0.6) is 0 Å². The Morgan fingerprint density at radius 2 is 1.62 bits per heavy atom. The molecule has 0 aliphatic heterocycles. The maximum absolute atomic E-state index is 2.45. The van der Waals surface area contributed by atoms with Crippen molar-refractivity contribution in [3.8, 4) is 0 Å². The normalized spacial score (nSPS) is 36.0. The topological polar surface area (TPSA) is 0 Å². The van der Waals surface area contributed by atoms with Crippen LogP contribution in [0.25, 0.3) is 0 Å². The van der Waals surface area contributed by atoms with Crippen LogP contribution in [0.2, 0.25) is 0 Å². The van der Waals surface area contributed by atoms with Gasteiger partial charge in [-0.1, -0.05) is 53.4 Å². The smallest absolute Gasteiger partial charge is 0.0352 e. The summed E-state index contributed by atoms with van der Waals surface area (Å²) in [6.07, 6.45) is 8.68. The highest BCUT2D eigenvalue weighted by molar-refractivity contribution is 4.76. The molecule has 1 saturated carbocycles. The lowest BCUT2D eigenvalue weighted by Gasteiger charge is -2.29. The van der Waals surface area contributed by atoms with Gasteiger partial charge in [0.05, 0.1) is 0 Å². The fourth-order valence-corrected chi connectivity index (χ4v) is 2.71. The van der Waals surface area contributed by atoms with Crippen LogP contribution in [0, 0.1) is 17.3 Å². The van der Waals surface area contributed by atoms with Crippen LogP contribution >= 0.6 is 0 Å². The molecule has 1 fully saturated rings. The summed E-state index contributed by atoms with van der Waals surface area (Å²) in [5.74, 6) is 1.87. The highest BCUT2D eigenvalue weighted by Gasteiger charge is 2.24. The average Bonchev–Trinajstić information content (AvgIpc) is 2.05. The van der Waals surface area contributed by atoms with Crippen LogP contribution in [0.15, 0.2) is 0 Å². The molecular formula is C13H26. The van der Waals surface area contributed by atoms with Gasteiger partial charge in [0, 0.05) is 0 Å². The lowest BCUT2D eigenvalue weighted by molar-refractivity contribution is 0.218. The zero-order chi connectivity index (χ0) is 9.90. The molecule has 0 radical (unpaired) electrons. The van der Waals surface area contributed by atoms with Gasteiger partial charge in [-0.05, 0) is 30.1 Å². The first-order valence-corrected chi connectivity index (χ1v) is 6.01. The fraction of sp³-hybridized carbons (Fsp3) is 1.00. The Morgan fingerprint density at radius 3 is 2.31 bits per heavy atom. The Hall–Kier alpha value is 0. The molecule has 1 rings (SSSR count). The summed E-state index contributed by atoms with van der Waals surface area (Å²) < 4.78 is 0. The van der Waals surface area contributed by atoms with Gasteiger partial charge in [0.1, 0.15) is 0 Å². The monoisotopic (exact) mass is 182 g/mol. The average molecular weight is 182 g/mol. The van der Waals surface area contributed by atoms with Crippen LogP contribution in [-0.2, 0) is 0 Å². The molecule has 0 heteroatoms. The second-order valence-corrected chi connectivity index (χ2v) is 5.92. The molecule has 78 valence electrons. The molecule has 2 unspecified atom stereocenters. The molecule has 0 nitrogen and oxygen atoms in total. The van der Waals surface area contributed by atoms with E-state index in [0.717, 1.165) is 11.8 Å². The largest absolute Gasteiger partial charge is 0.0623 e. The van der Waals surface area contributed by atoms with Crippen molar-refractivity contribution in [1.82, 2.24) is 0 Å². The molecule has 13 heavy (non-hydrogen) atoms. The zero-order valence-corrected chi connectivity index (χ0v) is 9.90. The SMILES string of the molecule is CC1CCCCCC(C)(C)CC1C. The molecule has 0 aromatic heterocycles. The Kier molecular flexibility index (Phi) is 3.82. The molecule has 0 heterocycles. The lowest BCUT2D eigenvalue weighted by atomic mass is 9.76. The molecule has 0 spiro atoms. The Bertz CT molecular complexity index is 146. The van der Waals surface area contributed by atoms with Gasteiger partial charge >= 0.3 is 0 Å². The van der Waals surface area contributed by atoms with Gasteiger partial charge in [-0.25, -0.2) is 0 Å². The van der Waals surface area contributed by atoms with E-state index in [2.05, 4.69) is 27.7 Å². The molecule has 0 amide bonds. The Labute approximate surface area is 84.1 Å². The Morgan fingerprint density at radius 1 is 0.923 bits per heavy atom. The first kappa shape index (κ1) is 11.1. The minimum atomic E-state index is 0.595.